The van der Waals surface area contributed by atoms with E-state index in [0.29, 0.717) is 5.69 Å². The second-order valence-electron chi connectivity index (χ2n) is 6.46. The molecule has 0 aliphatic carbocycles. The summed E-state index contributed by atoms with van der Waals surface area (Å²) in [7, 11) is -3.65. The number of sulfonamides is 1. The lowest BCUT2D eigenvalue weighted by Gasteiger charge is -2.14. The van der Waals surface area contributed by atoms with Gasteiger partial charge in [0.1, 0.15) is 5.82 Å². The summed E-state index contributed by atoms with van der Waals surface area (Å²) in [5.41, 5.74) is -0.0836. The average Bonchev–Trinajstić information content (AvgIpc) is 2.63. The Balaban J connectivity index is 2.02. The van der Waals surface area contributed by atoms with E-state index in [1.54, 1.807) is 13.8 Å². The zero-order valence-electron chi connectivity index (χ0n) is 15.9. The van der Waals surface area contributed by atoms with Gasteiger partial charge in [-0.25, -0.2) is 22.3 Å². The minimum atomic E-state index is -3.65. The second-order valence-corrected chi connectivity index (χ2v) is 8.61. The molecular weight excluding hydrogens is 423 g/mol. The number of hydrogen-bond acceptors (Lipinski definition) is 5. The zero-order valence-corrected chi connectivity index (χ0v) is 17.5. The lowest BCUT2D eigenvalue weighted by atomic mass is 10.2. The molecule has 0 aromatic heterocycles. The standard InChI is InChI=1S/C19H20ClFN2O5S/c1-11(2)23-29(26,27)15-7-5-14(6-8-15)22-18(24)12(3)28-19(25)16-10-13(20)4-9-17(16)21/h4-12,23H,1-3H3,(H,22,24). The Kier molecular flexibility index (Phi) is 7.34. The van der Waals surface area contributed by atoms with Gasteiger partial charge in [0.2, 0.25) is 10.0 Å². The SMILES string of the molecule is CC(C)NS(=O)(=O)c1ccc(NC(=O)C(C)OC(=O)c2cc(Cl)ccc2F)cc1. The summed E-state index contributed by atoms with van der Waals surface area (Å²) in [6.07, 6.45) is -1.23. The van der Waals surface area contributed by atoms with Crippen LogP contribution in [0.2, 0.25) is 5.02 Å². The van der Waals surface area contributed by atoms with E-state index in [9.17, 15) is 22.4 Å². The summed E-state index contributed by atoms with van der Waals surface area (Å²) in [6, 6.07) is 8.61. The molecule has 0 aliphatic rings. The first-order valence-corrected chi connectivity index (χ1v) is 10.4. The van der Waals surface area contributed by atoms with Gasteiger partial charge in [0.05, 0.1) is 10.5 Å². The van der Waals surface area contributed by atoms with Crippen LogP contribution >= 0.6 is 11.6 Å². The van der Waals surface area contributed by atoms with E-state index in [-0.39, 0.29) is 21.5 Å². The lowest BCUT2D eigenvalue weighted by Crippen LogP contribution is -2.31. The van der Waals surface area contributed by atoms with E-state index in [2.05, 4.69) is 10.0 Å². The normalized spacial score (nSPS) is 12.5. The summed E-state index contributed by atoms with van der Waals surface area (Å²) >= 11 is 5.74. The number of ether oxygens (including phenoxy) is 1. The summed E-state index contributed by atoms with van der Waals surface area (Å²) in [4.78, 5) is 24.3. The van der Waals surface area contributed by atoms with Gasteiger partial charge in [-0.3, -0.25) is 4.79 Å². The van der Waals surface area contributed by atoms with Crippen molar-refractivity contribution in [1.29, 1.82) is 0 Å². The van der Waals surface area contributed by atoms with E-state index in [4.69, 9.17) is 16.3 Å². The molecule has 0 saturated heterocycles. The number of hydrogen-bond donors (Lipinski definition) is 2. The summed E-state index contributed by atoms with van der Waals surface area (Å²) in [5.74, 6) is -2.52. The van der Waals surface area contributed by atoms with E-state index < -0.39 is 33.8 Å². The van der Waals surface area contributed by atoms with Crippen molar-refractivity contribution in [1.82, 2.24) is 4.72 Å². The molecule has 0 saturated carbocycles. The number of carbonyl (C=O) groups excluding carboxylic acids is 2. The van der Waals surface area contributed by atoms with Gasteiger partial charge >= 0.3 is 5.97 Å². The highest BCUT2D eigenvalue weighted by atomic mass is 35.5. The van der Waals surface area contributed by atoms with Crippen molar-refractivity contribution in [3.63, 3.8) is 0 Å². The fraction of sp³-hybridized carbons (Fsp3) is 0.263. The first kappa shape index (κ1) is 22.8. The summed E-state index contributed by atoms with van der Waals surface area (Å²) in [6.45, 7) is 4.72. The predicted molar refractivity (Wildman–Crippen MR) is 107 cm³/mol. The lowest BCUT2D eigenvalue weighted by molar-refractivity contribution is -0.123. The third kappa shape index (κ3) is 6.25. The number of halogens is 2. The molecule has 1 amide bonds. The van der Waals surface area contributed by atoms with Gasteiger partial charge in [-0.15, -0.1) is 0 Å². The monoisotopic (exact) mass is 442 g/mol. The maximum Gasteiger partial charge on any atom is 0.341 e. The number of amides is 1. The molecule has 0 heterocycles. The number of rotatable bonds is 7. The molecule has 0 radical (unpaired) electrons. The second kappa shape index (κ2) is 9.34. The predicted octanol–water partition coefficient (Wildman–Crippen LogP) is 3.35. The van der Waals surface area contributed by atoms with Crippen LogP contribution in [0.4, 0.5) is 10.1 Å². The third-order valence-corrected chi connectivity index (χ3v) is 5.53. The summed E-state index contributed by atoms with van der Waals surface area (Å²) < 4.78 is 45.3. The first-order valence-electron chi connectivity index (χ1n) is 8.59. The van der Waals surface area contributed by atoms with Gasteiger partial charge in [0, 0.05) is 16.8 Å². The van der Waals surface area contributed by atoms with Crippen LogP contribution in [0.1, 0.15) is 31.1 Å². The van der Waals surface area contributed by atoms with E-state index >= 15 is 0 Å². The van der Waals surface area contributed by atoms with Crippen LogP contribution in [0.25, 0.3) is 0 Å². The molecule has 7 nitrogen and oxygen atoms in total. The van der Waals surface area contributed by atoms with Crippen molar-refractivity contribution in [3.05, 3.63) is 58.9 Å². The molecule has 29 heavy (non-hydrogen) atoms. The molecule has 1 unspecified atom stereocenters. The Labute approximate surface area is 173 Å². The van der Waals surface area contributed by atoms with Crippen molar-refractivity contribution in [2.24, 2.45) is 0 Å². The maximum absolute atomic E-state index is 13.7. The Hall–Kier alpha value is -2.49. The molecule has 0 fully saturated rings. The number of anilines is 1. The van der Waals surface area contributed by atoms with E-state index in [1.165, 1.54) is 37.3 Å². The van der Waals surface area contributed by atoms with Crippen molar-refractivity contribution in [2.45, 2.75) is 37.8 Å². The van der Waals surface area contributed by atoms with Crippen LogP contribution < -0.4 is 10.0 Å². The first-order chi connectivity index (χ1) is 13.5. The van der Waals surface area contributed by atoms with Crippen LogP contribution in [0.5, 0.6) is 0 Å². The summed E-state index contributed by atoms with van der Waals surface area (Å²) in [5, 5.41) is 2.64. The number of esters is 1. The molecule has 2 rings (SSSR count). The minimum absolute atomic E-state index is 0.0418. The van der Waals surface area contributed by atoms with Crippen molar-refractivity contribution in [2.75, 3.05) is 5.32 Å². The number of carbonyl (C=O) groups is 2. The zero-order chi connectivity index (χ0) is 21.8. The topological polar surface area (TPSA) is 102 Å². The fourth-order valence-electron chi connectivity index (χ4n) is 2.27. The molecule has 1 atom stereocenters. The minimum Gasteiger partial charge on any atom is -0.449 e. The Morgan fingerprint density at radius 1 is 1.07 bits per heavy atom. The van der Waals surface area contributed by atoms with Gasteiger partial charge in [0.25, 0.3) is 5.91 Å². The Bertz CT molecular complexity index is 1010. The van der Waals surface area contributed by atoms with E-state index in [0.717, 1.165) is 12.1 Å². The Morgan fingerprint density at radius 3 is 2.28 bits per heavy atom. The molecule has 2 aromatic rings. The van der Waals surface area contributed by atoms with Crippen LogP contribution in [-0.2, 0) is 19.6 Å². The molecule has 10 heteroatoms. The quantitative estimate of drug-likeness (QED) is 0.640. The highest BCUT2D eigenvalue weighted by molar-refractivity contribution is 7.89. The molecule has 2 aromatic carbocycles. The molecule has 0 aliphatic heterocycles. The van der Waals surface area contributed by atoms with Crippen molar-refractivity contribution >= 4 is 39.2 Å². The highest BCUT2D eigenvalue weighted by Crippen LogP contribution is 2.18. The van der Waals surface area contributed by atoms with Crippen molar-refractivity contribution in [3.8, 4) is 0 Å². The number of nitrogens with one attached hydrogen (secondary N) is 2. The van der Waals surface area contributed by atoms with Gasteiger partial charge in [-0.05, 0) is 63.2 Å². The van der Waals surface area contributed by atoms with Crippen LogP contribution in [0.3, 0.4) is 0 Å². The molecule has 156 valence electrons. The van der Waals surface area contributed by atoms with Gasteiger partial charge < -0.3 is 10.1 Å². The molecule has 0 bridgehead atoms. The van der Waals surface area contributed by atoms with E-state index in [1.807, 2.05) is 0 Å². The maximum atomic E-state index is 13.7. The van der Waals surface area contributed by atoms with Gasteiger partial charge in [-0.1, -0.05) is 11.6 Å². The smallest absolute Gasteiger partial charge is 0.341 e. The van der Waals surface area contributed by atoms with Crippen LogP contribution in [0.15, 0.2) is 47.4 Å². The third-order valence-electron chi connectivity index (χ3n) is 3.62. The largest absolute Gasteiger partial charge is 0.449 e. The average molecular weight is 443 g/mol. The fourth-order valence-corrected chi connectivity index (χ4v) is 3.69. The Morgan fingerprint density at radius 2 is 1.69 bits per heavy atom. The van der Waals surface area contributed by atoms with Gasteiger partial charge in [-0.2, -0.15) is 0 Å². The molecule has 2 N–H and O–H groups in total. The molecule has 0 spiro atoms. The van der Waals surface area contributed by atoms with Crippen LogP contribution in [0, 0.1) is 5.82 Å². The van der Waals surface area contributed by atoms with Crippen LogP contribution in [-0.4, -0.2) is 32.4 Å². The molecular formula is C19H20ClFN2O5S. The van der Waals surface area contributed by atoms with Crippen molar-refractivity contribution < 1.29 is 27.1 Å². The van der Waals surface area contributed by atoms with Gasteiger partial charge in [0.15, 0.2) is 6.10 Å². The number of benzene rings is 2. The highest BCUT2D eigenvalue weighted by Gasteiger charge is 2.22.